The van der Waals surface area contributed by atoms with E-state index in [2.05, 4.69) is 10.6 Å². The van der Waals surface area contributed by atoms with Gasteiger partial charge >= 0.3 is 0 Å². The highest BCUT2D eigenvalue weighted by molar-refractivity contribution is 8.04. The fraction of sp³-hybridized carbons (Fsp3) is 0.0400. The number of carbonyl (C=O) groups is 2. The third-order valence-electron chi connectivity index (χ3n) is 4.60. The molecule has 0 atom stereocenters. The van der Waals surface area contributed by atoms with Crippen LogP contribution in [0.2, 0.25) is 0 Å². The van der Waals surface area contributed by atoms with Crippen LogP contribution < -0.4 is 15.4 Å². The molecule has 0 saturated heterocycles. The number of methoxy groups -OCH3 is 1. The molecule has 1 aliphatic heterocycles. The summed E-state index contributed by atoms with van der Waals surface area (Å²) < 4.78 is 5.10. The van der Waals surface area contributed by atoms with Crippen molar-refractivity contribution in [1.29, 1.82) is 0 Å². The Morgan fingerprint density at radius 3 is 2.42 bits per heavy atom. The van der Waals surface area contributed by atoms with E-state index in [-0.39, 0.29) is 11.8 Å². The Morgan fingerprint density at radius 1 is 0.968 bits per heavy atom. The molecule has 3 aromatic carbocycles. The van der Waals surface area contributed by atoms with Crippen molar-refractivity contribution < 1.29 is 14.3 Å². The van der Waals surface area contributed by atoms with Gasteiger partial charge in [0.2, 0.25) is 5.91 Å². The van der Waals surface area contributed by atoms with Crippen LogP contribution in [0.4, 0.5) is 11.4 Å². The summed E-state index contributed by atoms with van der Waals surface area (Å²) >= 11 is 1.46. The molecule has 0 aromatic heterocycles. The summed E-state index contributed by atoms with van der Waals surface area (Å²) in [4.78, 5) is 26.1. The summed E-state index contributed by atoms with van der Waals surface area (Å²) in [5.41, 5.74) is 3.33. The number of ether oxygens (including phenoxy) is 1. The van der Waals surface area contributed by atoms with E-state index in [1.807, 2.05) is 54.6 Å². The molecule has 0 radical (unpaired) electrons. The molecule has 31 heavy (non-hydrogen) atoms. The largest absolute Gasteiger partial charge is 0.497 e. The quantitative estimate of drug-likeness (QED) is 0.532. The molecule has 154 valence electrons. The van der Waals surface area contributed by atoms with Gasteiger partial charge in [-0.25, -0.2) is 0 Å². The van der Waals surface area contributed by atoms with Gasteiger partial charge in [0, 0.05) is 16.7 Å². The average Bonchev–Trinajstić information content (AvgIpc) is 2.79. The summed E-state index contributed by atoms with van der Waals surface area (Å²) in [5, 5.41) is 5.71. The van der Waals surface area contributed by atoms with Gasteiger partial charge in [-0.2, -0.15) is 0 Å². The maximum atomic E-state index is 12.3. The highest BCUT2D eigenvalue weighted by atomic mass is 32.2. The molecule has 3 aromatic rings. The standard InChI is InChI=1S/C25H20N2O3S/c1-30-20-13-11-19(12-14-20)26-24(28)15-10-17-6-8-18(9-7-17)16-23-25(29)27-21-4-2-3-5-22(21)31-23/h2-16H,1H3,(H,26,28)(H,27,29)/b15-10+,23-16?. The number of hydrogen-bond donors (Lipinski definition) is 2. The third kappa shape index (κ3) is 5.24. The van der Waals surface area contributed by atoms with Gasteiger partial charge in [0.25, 0.3) is 5.91 Å². The van der Waals surface area contributed by atoms with Gasteiger partial charge in [-0.1, -0.05) is 48.2 Å². The van der Waals surface area contributed by atoms with Crippen molar-refractivity contribution >= 4 is 47.1 Å². The SMILES string of the molecule is COc1ccc(NC(=O)/C=C/c2ccc(C=C3Sc4ccccc4NC3=O)cc2)cc1. The van der Waals surface area contributed by atoms with Gasteiger partial charge in [-0.15, -0.1) is 0 Å². The second kappa shape index (κ2) is 9.36. The Balaban J connectivity index is 1.39. The molecular formula is C25H20N2O3S. The molecule has 0 unspecified atom stereocenters. The number of hydrogen-bond acceptors (Lipinski definition) is 4. The Labute approximate surface area is 184 Å². The molecule has 1 aliphatic rings. The number of carbonyl (C=O) groups excluding carboxylic acids is 2. The van der Waals surface area contributed by atoms with Crippen molar-refractivity contribution in [3.63, 3.8) is 0 Å². The van der Waals surface area contributed by atoms with Gasteiger partial charge in [0.15, 0.2) is 0 Å². The highest BCUT2D eigenvalue weighted by Crippen LogP contribution is 2.38. The Kier molecular flexibility index (Phi) is 6.19. The minimum absolute atomic E-state index is 0.108. The zero-order valence-corrected chi connectivity index (χ0v) is 17.6. The molecule has 0 fully saturated rings. The lowest BCUT2D eigenvalue weighted by atomic mass is 10.1. The lowest BCUT2D eigenvalue weighted by Gasteiger charge is -2.18. The number of para-hydroxylation sites is 1. The smallest absolute Gasteiger partial charge is 0.262 e. The van der Waals surface area contributed by atoms with Crippen LogP contribution in [-0.2, 0) is 9.59 Å². The molecule has 0 aliphatic carbocycles. The van der Waals surface area contributed by atoms with Crippen molar-refractivity contribution in [2.45, 2.75) is 4.90 Å². The summed E-state index contributed by atoms with van der Waals surface area (Å²) in [5.74, 6) is 0.407. The molecule has 0 bridgehead atoms. The van der Waals surface area contributed by atoms with Crippen LogP contribution in [0.1, 0.15) is 11.1 Å². The molecular weight excluding hydrogens is 408 g/mol. The maximum absolute atomic E-state index is 12.3. The van der Waals surface area contributed by atoms with Crippen LogP contribution in [-0.4, -0.2) is 18.9 Å². The predicted molar refractivity (Wildman–Crippen MR) is 126 cm³/mol. The summed E-state index contributed by atoms with van der Waals surface area (Å²) in [7, 11) is 1.60. The number of fused-ring (bicyclic) bond motifs is 1. The van der Waals surface area contributed by atoms with Crippen molar-refractivity contribution in [3.8, 4) is 5.75 Å². The number of nitrogens with one attached hydrogen (secondary N) is 2. The third-order valence-corrected chi connectivity index (χ3v) is 5.70. The summed E-state index contributed by atoms with van der Waals surface area (Å²) in [6.45, 7) is 0. The minimum Gasteiger partial charge on any atom is -0.497 e. The highest BCUT2D eigenvalue weighted by Gasteiger charge is 2.20. The predicted octanol–water partition coefficient (Wildman–Crippen LogP) is 5.43. The van der Waals surface area contributed by atoms with Crippen LogP contribution >= 0.6 is 11.8 Å². The van der Waals surface area contributed by atoms with Crippen molar-refractivity contribution in [2.75, 3.05) is 17.7 Å². The van der Waals surface area contributed by atoms with Gasteiger partial charge in [0.05, 0.1) is 17.7 Å². The van der Waals surface area contributed by atoms with E-state index in [9.17, 15) is 9.59 Å². The second-order valence-corrected chi connectivity index (χ2v) is 7.86. The van der Waals surface area contributed by atoms with Gasteiger partial charge in [-0.05, 0) is 59.7 Å². The van der Waals surface area contributed by atoms with Gasteiger partial charge < -0.3 is 15.4 Å². The Bertz CT molecular complexity index is 1170. The van der Waals surface area contributed by atoms with Crippen LogP contribution in [0.3, 0.4) is 0 Å². The molecule has 0 saturated carbocycles. The molecule has 1 heterocycles. The summed E-state index contributed by atoms with van der Waals surface area (Å²) in [6.07, 6.45) is 5.09. The minimum atomic E-state index is -0.217. The van der Waals surface area contributed by atoms with E-state index in [4.69, 9.17) is 4.74 Å². The molecule has 5 nitrogen and oxygen atoms in total. The van der Waals surface area contributed by atoms with E-state index in [0.717, 1.165) is 27.5 Å². The summed E-state index contributed by atoms with van der Waals surface area (Å²) in [6, 6.07) is 22.5. The van der Waals surface area contributed by atoms with Crippen LogP contribution in [0.15, 0.2) is 88.7 Å². The fourth-order valence-corrected chi connectivity index (χ4v) is 3.94. The maximum Gasteiger partial charge on any atom is 0.262 e. The number of rotatable bonds is 5. The van der Waals surface area contributed by atoms with E-state index < -0.39 is 0 Å². The number of benzene rings is 3. The number of amides is 2. The van der Waals surface area contributed by atoms with Crippen LogP contribution in [0.5, 0.6) is 5.75 Å². The van der Waals surface area contributed by atoms with Crippen LogP contribution in [0, 0.1) is 0 Å². The van der Waals surface area contributed by atoms with E-state index >= 15 is 0 Å². The van der Waals surface area contributed by atoms with E-state index in [1.54, 1.807) is 37.5 Å². The zero-order chi connectivity index (χ0) is 21.6. The molecule has 0 spiro atoms. The number of anilines is 2. The Morgan fingerprint density at radius 2 is 1.68 bits per heavy atom. The normalized spacial score (nSPS) is 14.2. The first-order valence-electron chi connectivity index (χ1n) is 9.64. The van der Waals surface area contributed by atoms with Crippen molar-refractivity contribution in [2.24, 2.45) is 0 Å². The van der Waals surface area contributed by atoms with Crippen LogP contribution in [0.25, 0.3) is 12.2 Å². The zero-order valence-electron chi connectivity index (χ0n) is 16.8. The molecule has 6 heteroatoms. The van der Waals surface area contributed by atoms with Crippen molar-refractivity contribution in [3.05, 3.63) is 94.9 Å². The van der Waals surface area contributed by atoms with E-state index in [1.165, 1.54) is 17.8 Å². The molecule has 2 amide bonds. The average molecular weight is 429 g/mol. The lowest BCUT2D eigenvalue weighted by molar-refractivity contribution is -0.112. The fourth-order valence-electron chi connectivity index (χ4n) is 2.99. The van der Waals surface area contributed by atoms with E-state index in [0.29, 0.717) is 10.6 Å². The first-order valence-corrected chi connectivity index (χ1v) is 10.5. The topological polar surface area (TPSA) is 67.4 Å². The lowest BCUT2D eigenvalue weighted by Crippen LogP contribution is -2.17. The monoisotopic (exact) mass is 428 g/mol. The molecule has 4 rings (SSSR count). The Hall–Kier alpha value is -3.77. The first kappa shape index (κ1) is 20.5. The van der Waals surface area contributed by atoms with Gasteiger partial charge in [-0.3, -0.25) is 9.59 Å². The molecule has 2 N–H and O–H groups in total. The first-order chi connectivity index (χ1) is 15.1. The van der Waals surface area contributed by atoms with Gasteiger partial charge in [0.1, 0.15) is 5.75 Å². The number of thioether (sulfide) groups is 1. The van der Waals surface area contributed by atoms with Crippen molar-refractivity contribution in [1.82, 2.24) is 0 Å². The second-order valence-electron chi connectivity index (χ2n) is 6.78.